The Balaban J connectivity index is 2.42. The number of aryl methyl sites for hydroxylation is 1. The molecule has 0 spiro atoms. The first-order valence-electron chi connectivity index (χ1n) is 5.06. The number of hydrogen-bond donors (Lipinski definition) is 2. The van der Waals surface area contributed by atoms with Crippen molar-refractivity contribution >= 4 is 53.4 Å². The number of aromatic nitrogens is 2. The van der Waals surface area contributed by atoms with Crippen molar-refractivity contribution in [2.75, 3.05) is 10.5 Å². The molecule has 0 bridgehead atoms. The summed E-state index contributed by atoms with van der Waals surface area (Å²) < 4.78 is 29.8. The molecule has 6 nitrogen and oxygen atoms in total. The molecule has 0 fully saturated rings. The van der Waals surface area contributed by atoms with E-state index in [9.17, 15) is 8.42 Å². The lowest BCUT2D eigenvalue weighted by Crippen LogP contribution is -2.17. The summed E-state index contributed by atoms with van der Waals surface area (Å²) in [6.07, 6.45) is 1.35. The van der Waals surface area contributed by atoms with Crippen molar-refractivity contribution in [1.82, 2.24) is 9.55 Å². The molecule has 19 heavy (non-hydrogen) atoms. The van der Waals surface area contributed by atoms with Crippen molar-refractivity contribution < 1.29 is 8.42 Å². The van der Waals surface area contributed by atoms with Gasteiger partial charge in [-0.15, -0.1) is 0 Å². The minimum Gasteiger partial charge on any atom is -0.381 e. The van der Waals surface area contributed by atoms with Gasteiger partial charge in [-0.05, 0) is 34.1 Å². The summed E-state index contributed by atoms with van der Waals surface area (Å²) in [5.74, 6) is -0.0387. The number of anilines is 2. The predicted octanol–water partition coefficient (Wildman–Crippen LogP) is 2.33. The van der Waals surface area contributed by atoms with Crippen LogP contribution in [0.15, 0.2) is 38.5 Å². The van der Waals surface area contributed by atoms with Crippen LogP contribution in [0.25, 0.3) is 0 Å². The van der Waals surface area contributed by atoms with Crippen LogP contribution in [0.4, 0.5) is 11.5 Å². The van der Waals surface area contributed by atoms with Gasteiger partial charge in [-0.2, -0.15) is 8.42 Å². The molecule has 1 aromatic carbocycles. The second-order valence-corrected chi connectivity index (χ2v) is 7.14. The van der Waals surface area contributed by atoms with Gasteiger partial charge in [0, 0.05) is 16.0 Å². The molecule has 0 saturated carbocycles. The molecule has 0 unspecified atom stereocenters. The van der Waals surface area contributed by atoms with Gasteiger partial charge in [-0.1, -0.05) is 15.9 Å². The van der Waals surface area contributed by atoms with E-state index in [1.165, 1.54) is 10.9 Å². The zero-order chi connectivity index (χ0) is 14.2. The highest BCUT2D eigenvalue weighted by Crippen LogP contribution is 2.28. The van der Waals surface area contributed by atoms with Crippen LogP contribution in [0.3, 0.4) is 0 Å². The van der Waals surface area contributed by atoms with Crippen molar-refractivity contribution in [3.8, 4) is 0 Å². The molecule has 0 aliphatic carbocycles. The molecular formula is C10H10Br2N4O2S. The summed E-state index contributed by atoms with van der Waals surface area (Å²) in [4.78, 5) is 3.76. The van der Waals surface area contributed by atoms with Gasteiger partial charge in [-0.25, -0.2) is 4.98 Å². The fourth-order valence-corrected chi connectivity index (χ4v) is 4.13. The van der Waals surface area contributed by atoms with Crippen LogP contribution in [0, 0.1) is 0 Å². The lowest BCUT2D eigenvalue weighted by atomic mass is 10.3. The van der Waals surface area contributed by atoms with Crippen molar-refractivity contribution in [3.05, 3.63) is 33.5 Å². The van der Waals surface area contributed by atoms with Crippen LogP contribution in [0.5, 0.6) is 0 Å². The maximum Gasteiger partial charge on any atom is 0.281 e. The number of nitrogens with one attached hydrogen (secondary N) is 1. The average molecular weight is 410 g/mol. The molecule has 1 aromatic heterocycles. The number of imidazole rings is 1. The van der Waals surface area contributed by atoms with Crippen LogP contribution in [0.1, 0.15) is 0 Å². The highest BCUT2D eigenvalue weighted by molar-refractivity contribution is 9.11. The second kappa shape index (κ2) is 5.14. The third-order valence-electron chi connectivity index (χ3n) is 2.34. The molecular weight excluding hydrogens is 400 g/mol. The number of halogens is 2. The van der Waals surface area contributed by atoms with Gasteiger partial charge in [0.15, 0.2) is 10.8 Å². The molecule has 1 heterocycles. The van der Waals surface area contributed by atoms with E-state index in [0.717, 1.165) is 4.47 Å². The molecule has 0 amide bonds. The number of rotatable bonds is 3. The van der Waals surface area contributed by atoms with E-state index >= 15 is 0 Å². The third-order valence-corrected chi connectivity index (χ3v) is 4.98. The van der Waals surface area contributed by atoms with Gasteiger partial charge in [0.05, 0.1) is 12.0 Å². The molecule has 0 radical (unpaired) electrons. The summed E-state index contributed by atoms with van der Waals surface area (Å²) >= 11 is 6.59. The smallest absolute Gasteiger partial charge is 0.281 e. The first kappa shape index (κ1) is 14.4. The Labute approximate surface area is 127 Å². The SMILES string of the molecule is Cn1cnc(N)c1S(=O)(=O)Nc1ccc(Br)cc1Br. The van der Waals surface area contributed by atoms with E-state index < -0.39 is 10.0 Å². The average Bonchev–Trinajstić information content (AvgIpc) is 2.63. The normalized spacial score (nSPS) is 11.5. The van der Waals surface area contributed by atoms with Crippen LogP contribution >= 0.6 is 31.9 Å². The summed E-state index contributed by atoms with van der Waals surface area (Å²) in [5.41, 5.74) is 5.99. The minimum absolute atomic E-state index is 0.0387. The van der Waals surface area contributed by atoms with E-state index in [1.807, 2.05) is 0 Å². The topological polar surface area (TPSA) is 90.0 Å². The molecule has 2 aromatic rings. The molecule has 9 heteroatoms. The van der Waals surface area contributed by atoms with Crippen molar-refractivity contribution in [2.24, 2.45) is 7.05 Å². The van der Waals surface area contributed by atoms with E-state index in [4.69, 9.17) is 5.73 Å². The van der Waals surface area contributed by atoms with E-state index in [0.29, 0.717) is 10.2 Å². The Morgan fingerprint density at radius 1 is 1.37 bits per heavy atom. The maximum absolute atomic E-state index is 12.3. The molecule has 3 N–H and O–H groups in total. The van der Waals surface area contributed by atoms with Gasteiger partial charge in [0.1, 0.15) is 0 Å². The predicted molar refractivity (Wildman–Crippen MR) is 80.3 cm³/mol. The van der Waals surface area contributed by atoms with Gasteiger partial charge in [-0.3, -0.25) is 4.72 Å². The number of nitrogens with zero attached hydrogens (tertiary/aromatic N) is 2. The number of sulfonamides is 1. The third kappa shape index (κ3) is 2.93. The monoisotopic (exact) mass is 408 g/mol. The number of hydrogen-bond acceptors (Lipinski definition) is 4. The van der Waals surface area contributed by atoms with Gasteiger partial charge in [0.2, 0.25) is 0 Å². The minimum atomic E-state index is -3.79. The quantitative estimate of drug-likeness (QED) is 0.813. The standard InChI is InChI=1S/C10H10Br2N4O2S/c1-16-5-14-9(13)10(16)19(17,18)15-8-3-2-6(11)4-7(8)12/h2-5,15H,13H2,1H3. The van der Waals surface area contributed by atoms with Gasteiger partial charge >= 0.3 is 0 Å². The fraction of sp³-hybridized carbons (Fsp3) is 0.100. The highest BCUT2D eigenvalue weighted by atomic mass is 79.9. The summed E-state index contributed by atoms with van der Waals surface area (Å²) in [5, 5.41) is -0.0673. The Morgan fingerprint density at radius 2 is 2.05 bits per heavy atom. The molecule has 0 aliphatic rings. The zero-order valence-electron chi connectivity index (χ0n) is 9.76. The fourth-order valence-electron chi connectivity index (χ4n) is 1.53. The van der Waals surface area contributed by atoms with Crippen LogP contribution in [-0.4, -0.2) is 18.0 Å². The largest absolute Gasteiger partial charge is 0.381 e. The van der Waals surface area contributed by atoms with Crippen molar-refractivity contribution in [3.63, 3.8) is 0 Å². The highest BCUT2D eigenvalue weighted by Gasteiger charge is 2.23. The Kier molecular flexibility index (Phi) is 3.88. The molecule has 2 rings (SSSR count). The molecule has 0 saturated heterocycles. The van der Waals surface area contributed by atoms with Crippen LogP contribution < -0.4 is 10.5 Å². The first-order chi connectivity index (χ1) is 8.81. The van der Waals surface area contributed by atoms with E-state index in [-0.39, 0.29) is 10.8 Å². The lowest BCUT2D eigenvalue weighted by Gasteiger charge is -2.10. The van der Waals surface area contributed by atoms with E-state index in [2.05, 4.69) is 41.6 Å². The Morgan fingerprint density at radius 3 is 2.58 bits per heavy atom. The van der Waals surface area contributed by atoms with Gasteiger partial charge in [0.25, 0.3) is 10.0 Å². The van der Waals surface area contributed by atoms with Gasteiger partial charge < -0.3 is 10.3 Å². The summed E-state index contributed by atoms with van der Waals surface area (Å²) in [6.45, 7) is 0. The number of benzene rings is 1. The Hall–Kier alpha value is -1.06. The summed E-state index contributed by atoms with van der Waals surface area (Å²) in [6, 6.07) is 5.11. The Bertz CT molecular complexity index is 708. The molecule has 102 valence electrons. The second-order valence-electron chi connectivity index (χ2n) is 3.78. The van der Waals surface area contributed by atoms with Crippen LogP contribution in [0.2, 0.25) is 0 Å². The summed E-state index contributed by atoms with van der Waals surface area (Å²) in [7, 11) is -2.22. The zero-order valence-corrected chi connectivity index (χ0v) is 13.8. The molecule has 0 aliphatic heterocycles. The lowest BCUT2D eigenvalue weighted by molar-refractivity contribution is 0.592. The van der Waals surface area contributed by atoms with Crippen molar-refractivity contribution in [1.29, 1.82) is 0 Å². The van der Waals surface area contributed by atoms with E-state index in [1.54, 1.807) is 25.2 Å². The number of nitrogen functional groups attached to an aromatic ring is 1. The molecule has 0 atom stereocenters. The van der Waals surface area contributed by atoms with Crippen molar-refractivity contribution in [2.45, 2.75) is 5.03 Å². The van der Waals surface area contributed by atoms with Crippen LogP contribution in [-0.2, 0) is 17.1 Å². The number of nitrogens with two attached hydrogens (primary N) is 1. The maximum atomic E-state index is 12.3. The first-order valence-corrected chi connectivity index (χ1v) is 8.13.